The Morgan fingerprint density at radius 3 is 2.57 bits per heavy atom. The first-order chi connectivity index (χ1) is 11.0. The maximum absolute atomic E-state index is 12.4. The molecule has 7 nitrogen and oxygen atoms in total. The van der Waals surface area contributed by atoms with Crippen molar-refractivity contribution in [3.63, 3.8) is 0 Å². The Morgan fingerprint density at radius 2 is 1.96 bits per heavy atom. The maximum Gasteiger partial charge on any atom is 0.471 e. The highest BCUT2D eigenvalue weighted by atomic mass is 19.4. The van der Waals surface area contributed by atoms with Crippen LogP contribution in [0, 0.1) is 0 Å². The van der Waals surface area contributed by atoms with Crippen molar-refractivity contribution >= 4 is 5.82 Å². The van der Waals surface area contributed by atoms with Gasteiger partial charge >= 0.3 is 12.1 Å². The van der Waals surface area contributed by atoms with E-state index in [4.69, 9.17) is 0 Å². The molecule has 0 aliphatic heterocycles. The van der Waals surface area contributed by atoms with Crippen molar-refractivity contribution in [1.82, 2.24) is 25.1 Å². The first-order valence-electron chi connectivity index (χ1n) is 6.38. The van der Waals surface area contributed by atoms with Crippen molar-refractivity contribution in [2.75, 3.05) is 5.32 Å². The van der Waals surface area contributed by atoms with Crippen molar-refractivity contribution < 1.29 is 17.7 Å². The van der Waals surface area contributed by atoms with E-state index < -0.39 is 12.1 Å². The van der Waals surface area contributed by atoms with Crippen LogP contribution >= 0.6 is 0 Å². The summed E-state index contributed by atoms with van der Waals surface area (Å²) in [5, 5.41) is 6.31. The molecule has 1 N–H and O–H groups in total. The fourth-order valence-corrected chi connectivity index (χ4v) is 1.69. The van der Waals surface area contributed by atoms with Gasteiger partial charge in [-0.15, -0.1) is 0 Å². The summed E-state index contributed by atoms with van der Waals surface area (Å²) in [5.41, 5.74) is 0.992. The molecule has 3 rings (SSSR count). The summed E-state index contributed by atoms with van der Waals surface area (Å²) in [6.45, 7) is 0.388. The van der Waals surface area contributed by atoms with Crippen molar-refractivity contribution in [2.45, 2.75) is 12.7 Å². The predicted octanol–water partition coefficient (Wildman–Crippen LogP) is 2.55. The number of rotatable bonds is 4. The topological polar surface area (TPSA) is 89.6 Å². The van der Waals surface area contributed by atoms with Crippen LogP contribution in [-0.2, 0) is 12.7 Å². The Balaban J connectivity index is 1.68. The molecular weight excluding hydrogens is 313 g/mol. The van der Waals surface area contributed by atoms with Gasteiger partial charge in [0.2, 0.25) is 5.82 Å². The first kappa shape index (κ1) is 14.9. The molecule has 3 aromatic rings. The lowest BCUT2D eigenvalue weighted by Crippen LogP contribution is -2.05. The molecule has 10 heteroatoms. The Bertz CT molecular complexity index is 772. The second-order valence-electron chi connectivity index (χ2n) is 4.40. The summed E-state index contributed by atoms with van der Waals surface area (Å²) in [4.78, 5) is 15.4. The molecule has 0 spiro atoms. The van der Waals surface area contributed by atoms with Crippen molar-refractivity contribution in [3.05, 3.63) is 48.5 Å². The Hall–Kier alpha value is -3.04. The summed E-state index contributed by atoms with van der Waals surface area (Å²) in [7, 11) is 0. The number of hydrogen-bond acceptors (Lipinski definition) is 7. The van der Waals surface area contributed by atoms with Crippen LogP contribution in [0.2, 0.25) is 0 Å². The standard InChI is InChI=1S/C13H9F3N6O/c14-13(15,16)12-21-11(22-23-12)8-1-2-9(19-5-8)6-20-10-7-17-3-4-18-10/h1-5,7H,6H2,(H,18,20). The van der Waals surface area contributed by atoms with Gasteiger partial charge < -0.3 is 9.84 Å². The van der Waals surface area contributed by atoms with E-state index in [1.807, 2.05) is 0 Å². The van der Waals surface area contributed by atoms with Crippen LogP contribution in [0.3, 0.4) is 0 Å². The van der Waals surface area contributed by atoms with E-state index in [2.05, 4.69) is 34.9 Å². The van der Waals surface area contributed by atoms with Gasteiger partial charge in [-0.05, 0) is 12.1 Å². The Morgan fingerprint density at radius 1 is 1.09 bits per heavy atom. The van der Waals surface area contributed by atoms with Crippen molar-refractivity contribution in [1.29, 1.82) is 0 Å². The first-order valence-corrected chi connectivity index (χ1v) is 6.38. The normalized spacial score (nSPS) is 11.4. The van der Waals surface area contributed by atoms with Gasteiger partial charge in [0.15, 0.2) is 0 Å². The van der Waals surface area contributed by atoms with E-state index in [1.165, 1.54) is 6.20 Å². The zero-order valence-electron chi connectivity index (χ0n) is 11.4. The minimum Gasteiger partial charge on any atom is -0.363 e. The molecule has 0 amide bonds. The summed E-state index contributed by atoms with van der Waals surface area (Å²) in [6, 6.07) is 3.20. The molecular formula is C13H9F3N6O. The van der Waals surface area contributed by atoms with Gasteiger partial charge in [-0.1, -0.05) is 5.16 Å². The largest absolute Gasteiger partial charge is 0.471 e. The second kappa shape index (κ2) is 5.99. The highest BCUT2D eigenvalue weighted by molar-refractivity contribution is 5.52. The van der Waals surface area contributed by atoms with Crippen LogP contribution in [0.15, 0.2) is 41.4 Å². The van der Waals surface area contributed by atoms with Crippen LogP contribution < -0.4 is 5.32 Å². The van der Waals surface area contributed by atoms with Crippen LogP contribution in [0.4, 0.5) is 19.0 Å². The van der Waals surface area contributed by atoms with E-state index in [0.29, 0.717) is 23.6 Å². The zero-order chi connectivity index (χ0) is 16.3. The van der Waals surface area contributed by atoms with Gasteiger partial charge in [0.1, 0.15) is 5.82 Å². The lowest BCUT2D eigenvalue weighted by atomic mass is 10.2. The molecule has 0 bridgehead atoms. The van der Waals surface area contributed by atoms with E-state index in [9.17, 15) is 13.2 Å². The van der Waals surface area contributed by atoms with Crippen LogP contribution in [0.25, 0.3) is 11.4 Å². The zero-order valence-corrected chi connectivity index (χ0v) is 11.4. The molecule has 0 fully saturated rings. The molecule has 118 valence electrons. The van der Waals surface area contributed by atoms with Gasteiger partial charge in [-0.25, -0.2) is 4.98 Å². The maximum atomic E-state index is 12.4. The van der Waals surface area contributed by atoms with Gasteiger partial charge in [-0.3, -0.25) is 9.97 Å². The lowest BCUT2D eigenvalue weighted by molar-refractivity contribution is -0.159. The molecule has 0 aliphatic rings. The third-order valence-corrected chi connectivity index (χ3v) is 2.77. The van der Waals surface area contributed by atoms with E-state index in [1.54, 1.807) is 30.7 Å². The third kappa shape index (κ3) is 3.59. The summed E-state index contributed by atoms with van der Waals surface area (Å²) in [5.74, 6) is -0.967. The predicted molar refractivity (Wildman–Crippen MR) is 71.9 cm³/mol. The van der Waals surface area contributed by atoms with Crippen molar-refractivity contribution in [2.24, 2.45) is 0 Å². The van der Waals surface area contributed by atoms with Gasteiger partial charge in [0.25, 0.3) is 0 Å². The average Bonchev–Trinajstić information content (AvgIpc) is 3.05. The number of hydrogen-bond donors (Lipinski definition) is 1. The quantitative estimate of drug-likeness (QED) is 0.789. The summed E-state index contributed by atoms with van der Waals surface area (Å²) in [6.07, 6.45) is 1.37. The lowest BCUT2D eigenvalue weighted by Gasteiger charge is -2.04. The second-order valence-corrected chi connectivity index (χ2v) is 4.40. The van der Waals surface area contributed by atoms with E-state index >= 15 is 0 Å². The SMILES string of the molecule is FC(F)(F)c1nc(-c2ccc(CNc3cnccn3)nc2)no1. The van der Waals surface area contributed by atoms with Crippen LogP contribution in [-0.4, -0.2) is 25.1 Å². The molecule has 0 atom stereocenters. The van der Waals surface area contributed by atoms with Crippen LogP contribution in [0.5, 0.6) is 0 Å². The highest BCUT2D eigenvalue weighted by Crippen LogP contribution is 2.29. The van der Waals surface area contributed by atoms with Gasteiger partial charge in [0.05, 0.1) is 18.4 Å². The summed E-state index contributed by atoms with van der Waals surface area (Å²) < 4.78 is 41.4. The molecule has 0 aromatic carbocycles. The van der Waals surface area contributed by atoms with E-state index in [-0.39, 0.29) is 5.82 Å². The minimum absolute atomic E-state index is 0.168. The van der Waals surface area contributed by atoms with E-state index in [0.717, 1.165) is 0 Å². The summed E-state index contributed by atoms with van der Waals surface area (Å²) >= 11 is 0. The third-order valence-electron chi connectivity index (χ3n) is 2.77. The molecule has 0 radical (unpaired) electrons. The molecule has 0 saturated heterocycles. The number of nitrogens with zero attached hydrogens (tertiary/aromatic N) is 5. The monoisotopic (exact) mass is 322 g/mol. The number of nitrogens with one attached hydrogen (secondary N) is 1. The molecule has 3 aromatic heterocycles. The van der Waals surface area contributed by atoms with Crippen molar-refractivity contribution in [3.8, 4) is 11.4 Å². The molecule has 0 aliphatic carbocycles. The minimum atomic E-state index is -4.67. The fourth-order valence-electron chi connectivity index (χ4n) is 1.69. The molecule has 0 unspecified atom stereocenters. The smallest absolute Gasteiger partial charge is 0.363 e. The Kier molecular flexibility index (Phi) is 3.87. The van der Waals surface area contributed by atoms with Crippen LogP contribution in [0.1, 0.15) is 11.6 Å². The number of pyridine rings is 1. The van der Waals surface area contributed by atoms with Gasteiger partial charge in [0, 0.05) is 24.2 Å². The molecule has 0 saturated carbocycles. The highest BCUT2D eigenvalue weighted by Gasteiger charge is 2.38. The number of alkyl halides is 3. The molecule has 3 heterocycles. The number of aromatic nitrogens is 5. The fraction of sp³-hybridized carbons (Fsp3) is 0.154. The Labute approximate surface area is 127 Å². The molecule has 23 heavy (non-hydrogen) atoms. The number of anilines is 1. The number of halogens is 3. The average molecular weight is 322 g/mol. The van der Waals surface area contributed by atoms with Gasteiger partial charge in [-0.2, -0.15) is 18.2 Å².